The third-order valence-electron chi connectivity index (χ3n) is 4.99. The van der Waals surface area contributed by atoms with Crippen molar-refractivity contribution in [3.05, 3.63) is 90.0 Å². The number of hydrogen-bond acceptors (Lipinski definition) is 5. The molecule has 3 rings (SSSR count). The molecule has 0 heterocycles. The molecule has 0 aliphatic heterocycles. The van der Waals surface area contributed by atoms with Crippen molar-refractivity contribution in [2.45, 2.75) is 26.4 Å². The molecule has 0 saturated carbocycles. The fourth-order valence-corrected chi connectivity index (χ4v) is 3.30. The molecule has 0 aliphatic rings. The fourth-order valence-electron chi connectivity index (χ4n) is 3.30. The minimum absolute atomic E-state index is 0.237. The SMILES string of the molecule is CCON=C(COc1ccc(CC(OCC)C(=O)O)cc1)c1ccc(-c2ccccc2)cc1. The van der Waals surface area contributed by atoms with E-state index < -0.39 is 12.1 Å². The van der Waals surface area contributed by atoms with Gasteiger partial charge < -0.3 is 19.4 Å². The van der Waals surface area contributed by atoms with Crippen molar-refractivity contribution < 1.29 is 24.2 Å². The zero-order valence-corrected chi connectivity index (χ0v) is 18.9. The molecule has 6 nitrogen and oxygen atoms in total. The molecule has 0 spiro atoms. The van der Waals surface area contributed by atoms with Crippen LogP contribution in [-0.2, 0) is 20.8 Å². The summed E-state index contributed by atoms with van der Waals surface area (Å²) in [5.74, 6) is -0.306. The van der Waals surface area contributed by atoms with Crippen LogP contribution in [-0.4, -0.2) is 42.7 Å². The van der Waals surface area contributed by atoms with Crippen molar-refractivity contribution in [3.8, 4) is 16.9 Å². The Morgan fingerprint density at radius 1 is 0.879 bits per heavy atom. The van der Waals surface area contributed by atoms with Crippen LogP contribution >= 0.6 is 0 Å². The molecule has 6 heteroatoms. The summed E-state index contributed by atoms with van der Waals surface area (Å²) in [5, 5.41) is 13.5. The highest BCUT2D eigenvalue weighted by Crippen LogP contribution is 2.20. The number of hydrogen-bond donors (Lipinski definition) is 1. The van der Waals surface area contributed by atoms with Gasteiger partial charge in [0.25, 0.3) is 0 Å². The van der Waals surface area contributed by atoms with E-state index in [1.807, 2.05) is 61.5 Å². The average molecular weight is 448 g/mol. The van der Waals surface area contributed by atoms with Gasteiger partial charge in [0.2, 0.25) is 0 Å². The van der Waals surface area contributed by atoms with Gasteiger partial charge in [-0.15, -0.1) is 0 Å². The van der Waals surface area contributed by atoms with Crippen LogP contribution in [0.3, 0.4) is 0 Å². The van der Waals surface area contributed by atoms with Crippen LogP contribution in [0, 0.1) is 0 Å². The second-order valence-electron chi connectivity index (χ2n) is 7.32. The van der Waals surface area contributed by atoms with Gasteiger partial charge in [0.1, 0.15) is 24.7 Å². The van der Waals surface area contributed by atoms with E-state index in [4.69, 9.17) is 14.3 Å². The molecule has 0 bridgehead atoms. The van der Waals surface area contributed by atoms with Crippen LogP contribution in [0.15, 0.2) is 84.0 Å². The fraction of sp³-hybridized carbons (Fsp3) is 0.259. The van der Waals surface area contributed by atoms with Crippen molar-refractivity contribution in [2.75, 3.05) is 19.8 Å². The Bertz CT molecular complexity index is 1030. The van der Waals surface area contributed by atoms with Crippen LogP contribution in [0.2, 0.25) is 0 Å². The normalized spacial score (nSPS) is 12.2. The lowest BCUT2D eigenvalue weighted by Gasteiger charge is -2.13. The molecule has 1 atom stereocenters. The van der Waals surface area contributed by atoms with Gasteiger partial charge in [0, 0.05) is 18.6 Å². The molecular formula is C27H29NO5. The van der Waals surface area contributed by atoms with Gasteiger partial charge in [-0.05, 0) is 42.7 Å². The number of oxime groups is 1. The first-order valence-corrected chi connectivity index (χ1v) is 11.0. The van der Waals surface area contributed by atoms with Crippen LogP contribution < -0.4 is 4.74 Å². The van der Waals surface area contributed by atoms with Crippen LogP contribution in [0.1, 0.15) is 25.0 Å². The van der Waals surface area contributed by atoms with Gasteiger partial charge >= 0.3 is 5.97 Å². The summed E-state index contributed by atoms with van der Waals surface area (Å²) in [4.78, 5) is 16.6. The molecule has 0 amide bonds. The highest BCUT2D eigenvalue weighted by molar-refractivity contribution is 6.01. The van der Waals surface area contributed by atoms with E-state index in [1.165, 1.54) is 0 Å². The molecule has 3 aromatic carbocycles. The number of ether oxygens (including phenoxy) is 2. The Morgan fingerprint density at radius 2 is 1.55 bits per heavy atom. The molecule has 0 aromatic heterocycles. The lowest BCUT2D eigenvalue weighted by molar-refractivity contribution is -0.149. The molecule has 0 aliphatic carbocycles. The number of carbonyl (C=O) groups is 1. The second-order valence-corrected chi connectivity index (χ2v) is 7.32. The molecule has 0 saturated heterocycles. The summed E-state index contributed by atoms with van der Waals surface area (Å²) < 4.78 is 11.2. The van der Waals surface area contributed by atoms with Gasteiger partial charge in [-0.3, -0.25) is 0 Å². The highest BCUT2D eigenvalue weighted by atomic mass is 16.6. The predicted octanol–water partition coefficient (Wildman–Crippen LogP) is 5.21. The monoisotopic (exact) mass is 447 g/mol. The maximum absolute atomic E-state index is 11.3. The standard InChI is InChI=1S/C27H29NO5/c1-3-31-26(27(29)30)18-20-10-16-24(17-11-20)32-19-25(28-33-4-2)23-14-12-22(13-15-23)21-8-6-5-7-9-21/h5-17,26H,3-4,18-19H2,1-2H3,(H,29,30). The molecule has 1 N–H and O–H groups in total. The second kappa shape index (κ2) is 12.4. The van der Waals surface area contributed by atoms with Crippen LogP contribution in [0.5, 0.6) is 5.75 Å². The van der Waals surface area contributed by atoms with Gasteiger partial charge in [0.05, 0.1) is 0 Å². The van der Waals surface area contributed by atoms with E-state index in [2.05, 4.69) is 29.4 Å². The molecule has 1 unspecified atom stereocenters. The van der Waals surface area contributed by atoms with Gasteiger partial charge in [0.15, 0.2) is 6.10 Å². The predicted molar refractivity (Wildman–Crippen MR) is 129 cm³/mol. The quantitative estimate of drug-likeness (QED) is 0.305. The number of carboxylic acid groups (broad SMARTS) is 1. The summed E-state index contributed by atoms with van der Waals surface area (Å²) >= 11 is 0. The third kappa shape index (κ3) is 7.19. The number of rotatable bonds is 12. The van der Waals surface area contributed by atoms with Crippen molar-refractivity contribution >= 4 is 11.7 Å². The van der Waals surface area contributed by atoms with E-state index in [0.29, 0.717) is 31.1 Å². The Hall–Kier alpha value is -3.64. The molecule has 172 valence electrons. The molecular weight excluding hydrogens is 418 g/mol. The summed E-state index contributed by atoms with van der Waals surface area (Å²) in [6.07, 6.45) is -0.556. The number of benzene rings is 3. The zero-order valence-electron chi connectivity index (χ0n) is 18.9. The minimum atomic E-state index is -0.966. The van der Waals surface area contributed by atoms with E-state index in [1.54, 1.807) is 6.92 Å². The third-order valence-corrected chi connectivity index (χ3v) is 4.99. The Balaban J connectivity index is 1.66. The Labute approximate surface area is 194 Å². The van der Waals surface area contributed by atoms with Crippen molar-refractivity contribution in [1.82, 2.24) is 0 Å². The largest absolute Gasteiger partial charge is 0.487 e. The first-order valence-electron chi connectivity index (χ1n) is 11.0. The molecule has 3 aromatic rings. The Morgan fingerprint density at radius 3 is 2.15 bits per heavy atom. The topological polar surface area (TPSA) is 77.3 Å². The van der Waals surface area contributed by atoms with E-state index >= 15 is 0 Å². The van der Waals surface area contributed by atoms with Crippen molar-refractivity contribution in [1.29, 1.82) is 0 Å². The average Bonchev–Trinajstić information content (AvgIpc) is 2.85. The van der Waals surface area contributed by atoms with E-state index in [-0.39, 0.29) is 6.61 Å². The maximum atomic E-state index is 11.3. The van der Waals surface area contributed by atoms with E-state index in [9.17, 15) is 9.90 Å². The smallest absolute Gasteiger partial charge is 0.333 e. The van der Waals surface area contributed by atoms with Gasteiger partial charge in [-0.2, -0.15) is 0 Å². The first-order chi connectivity index (χ1) is 16.1. The van der Waals surface area contributed by atoms with Gasteiger partial charge in [-0.25, -0.2) is 4.79 Å². The number of nitrogens with zero attached hydrogens (tertiary/aromatic N) is 1. The lowest BCUT2D eigenvalue weighted by atomic mass is 10.0. The summed E-state index contributed by atoms with van der Waals surface area (Å²) in [7, 11) is 0. The van der Waals surface area contributed by atoms with Crippen LogP contribution in [0.4, 0.5) is 0 Å². The molecule has 33 heavy (non-hydrogen) atoms. The minimum Gasteiger partial charge on any atom is -0.487 e. The van der Waals surface area contributed by atoms with Crippen LogP contribution in [0.25, 0.3) is 11.1 Å². The summed E-state index contributed by atoms with van der Waals surface area (Å²) in [5.41, 5.74) is 4.74. The number of aliphatic carboxylic acids is 1. The van der Waals surface area contributed by atoms with Crippen molar-refractivity contribution in [2.24, 2.45) is 5.16 Å². The van der Waals surface area contributed by atoms with Crippen molar-refractivity contribution in [3.63, 3.8) is 0 Å². The zero-order chi connectivity index (χ0) is 23.5. The molecule has 0 fully saturated rings. The van der Waals surface area contributed by atoms with E-state index in [0.717, 1.165) is 22.3 Å². The Kier molecular flexibility index (Phi) is 9.03. The summed E-state index contributed by atoms with van der Waals surface area (Å²) in [6, 6.07) is 25.6. The molecule has 0 radical (unpaired) electrons. The number of carboxylic acids is 1. The maximum Gasteiger partial charge on any atom is 0.333 e. The van der Waals surface area contributed by atoms with Gasteiger partial charge in [-0.1, -0.05) is 71.9 Å². The highest BCUT2D eigenvalue weighted by Gasteiger charge is 2.18. The lowest BCUT2D eigenvalue weighted by Crippen LogP contribution is -2.26. The first kappa shape index (κ1) is 24.0. The summed E-state index contributed by atoms with van der Waals surface area (Å²) in [6.45, 7) is 4.72.